The van der Waals surface area contributed by atoms with Crippen LogP contribution in [0.5, 0.6) is 0 Å². The Balaban J connectivity index is 0.000000179. The smallest absolute Gasteiger partial charge is 0.407 e. The van der Waals surface area contributed by atoms with Crippen LogP contribution in [0.3, 0.4) is 0 Å². The molecule has 0 radical (unpaired) electrons. The zero-order valence-electron chi connectivity index (χ0n) is 32.5. The van der Waals surface area contributed by atoms with Crippen LogP contribution in [0.25, 0.3) is 20.9 Å². The van der Waals surface area contributed by atoms with Gasteiger partial charge in [0.1, 0.15) is 40.5 Å². The third-order valence-corrected chi connectivity index (χ3v) is 10.8. The van der Waals surface area contributed by atoms with Gasteiger partial charge in [-0.2, -0.15) is 0 Å². The summed E-state index contributed by atoms with van der Waals surface area (Å²) in [5.41, 5.74) is 7.67. The third-order valence-electron chi connectivity index (χ3n) is 8.84. The number of rotatable bonds is 9. The Morgan fingerprint density at radius 3 is 1.72 bits per heavy atom. The zero-order valence-corrected chi connectivity index (χ0v) is 34.1. The number of thiazole rings is 2. The van der Waals surface area contributed by atoms with E-state index in [2.05, 4.69) is 65.6 Å². The van der Waals surface area contributed by atoms with Crippen LogP contribution in [0.2, 0.25) is 0 Å². The van der Waals surface area contributed by atoms with Crippen LogP contribution in [0.15, 0.2) is 73.6 Å². The Morgan fingerprint density at radius 2 is 1.25 bits per heavy atom. The lowest BCUT2D eigenvalue weighted by atomic mass is 10.2. The second kappa shape index (κ2) is 17.5. The highest BCUT2D eigenvalue weighted by Gasteiger charge is 2.27. The van der Waals surface area contributed by atoms with Gasteiger partial charge in [-0.25, -0.2) is 34.7 Å². The summed E-state index contributed by atoms with van der Waals surface area (Å²) in [6, 6.07) is 12.0. The van der Waals surface area contributed by atoms with Gasteiger partial charge in [-0.1, -0.05) is 22.7 Å². The molecule has 0 aliphatic carbocycles. The molecule has 2 aliphatic heterocycles. The number of ether oxygens (including phenoxy) is 1. The molecule has 0 saturated carbocycles. The van der Waals surface area contributed by atoms with Crippen molar-refractivity contribution >= 4 is 62.3 Å². The molecule has 0 aromatic carbocycles. The van der Waals surface area contributed by atoms with Crippen molar-refractivity contribution in [1.29, 1.82) is 0 Å². The molecule has 2 fully saturated rings. The van der Waals surface area contributed by atoms with E-state index in [-0.39, 0.29) is 18.2 Å². The van der Waals surface area contributed by atoms with Crippen molar-refractivity contribution in [1.82, 2.24) is 45.2 Å². The normalized spacial score (nSPS) is 16.5. The van der Waals surface area contributed by atoms with E-state index >= 15 is 0 Å². The molecule has 0 spiro atoms. The molecule has 0 unspecified atom stereocenters. The van der Waals surface area contributed by atoms with Gasteiger partial charge in [0.05, 0.1) is 15.8 Å². The third kappa shape index (κ3) is 10.9. The molecule has 6 aromatic rings. The minimum atomic E-state index is -0.514. The quantitative estimate of drug-likeness (QED) is 0.120. The maximum absolute atomic E-state index is 12.1. The standard InChI is InChI=1S/C22H27N7O2S.C17H19N7S/c1-14-25-18(28-20-24-12-17(32-20)15-5-8-23-9-6-15)11-19(26-14)29-10-7-16(13-29)27-21(30)31-22(2,3)4;1-11-21-15(8-16(22-11)24-7-4-13(18)10-24)23-17-20-9-14(25-17)12-2-5-19-6-3-12/h5-6,8-9,11-12,16H,7,10,13H2,1-4H3,(H,27,30)(H,24,25,26,28);2-3,5-6,8-9,13H,4,7,10,18H2,1H3,(H,20,21,22,23)/t16-;13-/m00/s1. The lowest BCUT2D eigenvalue weighted by Gasteiger charge is -2.22. The first-order valence-corrected chi connectivity index (χ1v) is 20.3. The average Bonchev–Trinajstić information content (AvgIpc) is 4.01. The highest BCUT2D eigenvalue weighted by atomic mass is 32.1. The van der Waals surface area contributed by atoms with E-state index in [0.29, 0.717) is 18.2 Å². The lowest BCUT2D eigenvalue weighted by molar-refractivity contribution is 0.0509. The number of nitrogens with one attached hydrogen (secondary N) is 3. The Hall–Kier alpha value is -5.85. The molecule has 2 aliphatic rings. The predicted molar refractivity (Wildman–Crippen MR) is 226 cm³/mol. The van der Waals surface area contributed by atoms with Gasteiger partial charge >= 0.3 is 6.09 Å². The van der Waals surface area contributed by atoms with Crippen molar-refractivity contribution in [2.45, 2.75) is 65.1 Å². The van der Waals surface area contributed by atoms with Gasteiger partial charge in [-0.15, -0.1) is 0 Å². The SMILES string of the molecule is Cc1nc(Nc2ncc(-c3ccncc3)s2)cc(N2CC[C@H](N)C2)n1.Cc1nc(Nc2ncc(-c3ccncc3)s2)cc(N2CC[C@H](NC(=O)OC(C)(C)C)C2)n1. The maximum atomic E-state index is 12.1. The number of hydrogen-bond donors (Lipinski definition) is 4. The van der Waals surface area contributed by atoms with Crippen LogP contribution in [-0.4, -0.2) is 89.8 Å². The molecular weight excluding hydrogens is 761 g/mol. The largest absolute Gasteiger partial charge is 0.444 e. The summed E-state index contributed by atoms with van der Waals surface area (Å²) in [6.07, 6.45) is 12.2. The number of nitrogens with zero attached hydrogens (tertiary/aromatic N) is 10. The number of anilines is 6. The van der Waals surface area contributed by atoms with Crippen molar-refractivity contribution in [2.75, 3.05) is 46.6 Å². The molecule has 5 N–H and O–H groups in total. The molecular formula is C39H46N14O2S2. The number of carbonyl (C=O) groups excluding carboxylic acids is 1. The number of pyridine rings is 2. The number of aryl methyl sites for hydroxylation is 2. The summed E-state index contributed by atoms with van der Waals surface area (Å²) in [6.45, 7) is 12.6. The van der Waals surface area contributed by atoms with Crippen LogP contribution in [0.4, 0.5) is 38.3 Å². The second-order valence-electron chi connectivity index (χ2n) is 14.7. The highest BCUT2D eigenvalue weighted by Crippen LogP contribution is 2.32. The first-order chi connectivity index (χ1) is 27.4. The number of amides is 1. The number of nitrogens with two attached hydrogens (primary N) is 1. The second-order valence-corrected chi connectivity index (χ2v) is 16.7. The van der Waals surface area contributed by atoms with Crippen molar-refractivity contribution in [3.05, 3.63) is 85.2 Å². The number of aromatic nitrogens is 8. The molecule has 0 bridgehead atoms. The Morgan fingerprint density at radius 1 is 0.754 bits per heavy atom. The number of carbonyl (C=O) groups is 1. The molecule has 57 heavy (non-hydrogen) atoms. The van der Waals surface area contributed by atoms with Gasteiger partial charge in [0, 0.05) is 81.5 Å². The highest BCUT2D eigenvalue weighted by molar-refractivity contribution is 7.19. The minimum absolute atomic E-state index is 0.0124. The molecule has 2 atom stereocenters. The van der Waals surface area contributed by atoms with Gasteiger partial charge in [0.25, 0.3) is 0 Å². The van der Waals surface area contributed by atoms with Crippen LogP contribution >= 0.6 is 22.7 Å². The van der Waals surface area contributed by atoms with E-state index in [4.69, 9.17) is 10.5 Å². The summed E-state index contributed by atoms with van der Waals surface area (Å²) in [7, 11) is 0. The van der Waals surface area contributed by atoms with Gasteiger partial charge in [0.15, 0.2) is 10.3 Å². The van der Waals surface area contributed by atoms with Crippen molar-refractivity contribution < 1.29 is 9.53 Å². The Kier molecular flexibility index (Phi) is 12.1. The first-order valence-electron chi connectivity index (χ1n) is 18.7. The summed E-state index contributed by atoms with van der Waals surface area (Å²) >= 11 is 3.13. The number of hydrogen-bond acceptors (Lipinski definition) is 17. The fraction of sp³-hybridized carbons (Fsp3) is 0.359. The zero-order chi connectivity index (χ0) is 39.9. The molecule has 2 saturated heterocycles. The van der Waals surface area contributed by atoms with E-state index in [1.165, 1.54) is 0 Å². The van der Waals surface area contributed by atoms with E-state index in [0.717, 1.165) is 86.9 Å². The van der Waals surface area contributed by atoms with Crippen molar-refractivity contribution in [2.24, 2.45) is 5.73 Å². The van der Waals surface area contributed by atoms with Crippen LogP contribution in [0.1, 0.15) is 45.3 Å². The first kappa shape index (κ1) is 39.4. The van der Waals surface area contributed by atoms with Crippen molar-refractivity contribution in [3.8, 4) is 20.9 Å². The van der Waals surface area contributed by atoms with Crippen LogP contribution in [0, 0.1) is 13.8 Å². The predicted octanol–water partition coefficient (Wildman–Crippen LogP) is 6.74. The summed E-state index contributed by atoms with van der Waals surface area (Å²) in [5.74, 6) is 4.56. The molecule has 6 aromatic heterocycles. The number of alkyl carbamates (subject to hydrolysis) is 1. The fourth-order valence-electron chi connectivity index (χ4n) is 6.29. The summed E-state index contributed by atoms with van der Waals surface area (Å²) in [5, 5.41) is 11.1. The van der Waals surface area contributed by atoms with E-state index in [1.807, 2.05) is 83.4 Å². The van der Waals surface area contributed by atoms with E-state index < -0.39 is 5.60 Å². The van der Waals surface area contributed by atoms with Crippen LogP contribution in [-0.2, 0) is 4.74 Å². The summed E-state index contributed by atoms with van der Waals surface area (Å²) in [4.78, 5) is 53.7. The minimum Gasteiger partial charge on any atom is -0.444 e. The molecule has 296 valence electrons. The monoisotopic (exact) mass is 806 g/mol. The summed E-state index contributed by atoms with van der Waals surface area (Å²) < 4.78 is 5.37. The van der Waals surface area contributed by atoms with Crippen molar-refractivity contribution in [3.63, 3.8) is 0 Å². The van der Waals surface area contributed by atoms with Gasteiger partial charge in [0.2, 0.25) is 0 Å². The van der Waals surface area contributed by atoms with E-state index in [9.17, 15) is 4.79 Å². The maximum Gasteiger partial charge on any atom is 0.407 e. The molecule has 16 nitrogen and oxygen atoms in total. The van der Waals surface area contributed by atoms with Crippen LogP contribution < -0.4 is 31.5 Å². The molecule has 1 amide bonds. The van der Waals surface area contributed by atoms with Gasteiger partial charge < -0.3 is 36.2 Å². The molecule has 8 rings (SSSR count). The average molecular weight is 807 g/mol. The fourth-order valence-corrected chi connectivity index (χ4v) is 7.95. The Labute approximate surface area is 339 Å². The lowest BCUT2D eigenvalue weighted by Crippen LogP contribution is -2.40. The Bertz CT molecular complexity index is 2260. The topological polar surface area (TPSA) is 198 Å². The van der Waals surface area contributed by atoms with Gasteiger partial charge in [-0.05, 0) is 82.9 Å². The molecule has 8 heterocycles. The van der Waals surface area contributed by atoms with E-state index in [1.54, 1.807) is 47.5 Å². The van der Waals surface area contributed by atoms with Gasteiger partial charge in [-0.3, -0.25) is 9.97 Å². The molecule has 18 heteroatoms.